The second kappa shape index (κ2) is 5.06. The Morgan fingerprint density at radius 1 is 1.28 bits per heavy atom. The van der Waals surface area contributed by atoms with Crippen molar-refractivity contribution >= 4 is 21.9 Å². The van der Waals surface area contributed by atoms with Crippen LogP contribution in [0.4, 0.5) is 14.7 Å². The predicted molar refractivity (Wildman–Crippen MR) is 69.9 cm³/mol. The van der Waals surface area contributed by atoms with Crippen LogP contribution in [0.3, 0.4) is 0 Å². The number of aromatic nitrogens is 2. The molecule has 0 saturated heterocycles. The van der Waals surface area contributed by atoms with E-state index in [1.54, 1.807) is 17.0 Å². The third-order valence-electron chi connectivity index (χ3n) is 2.31. The third-order valence-corrected chi connectivity index (χ3v) is 2.92. The molecule has 2 aromatic rings. The molecule has 1 aromatic heterocycles. The highest BCUT2D eigenvalue weighted by atomic mass is 79.9. The van der Waals surface area contributed by atoms with Crippen molar-refractivity contribution in [3.8, 4) is 5.69 Å². The largest absolute Gasteiger partial charge is 0.353 e. The molecule has 0 amide bonds. The molecule has 2 rings (SSSR count). The van der Waals surface area contributed by atoms with Gasteiger partial charge in [-0.1, -0.05) is 0 Å². The van der Waals surface area contributed by atoms with E-state index in [9.17, 15) is 8.78 Å². The first kappa shape index (κ1) is 13.0. The molecule has 6 heteroatoms. The number of halogens is 3. The van der Waals surface area contributed by atoms with Crippen molar-refractivity contribution in [2.75, 3.05) is 5.32 Å². The van der Waals surface area contributed by atoms with E-state index in [-0.39, 0.29) is 16.2 Å². The molecule has 96 valence electrons. The molecule has 0 atom stereocenters. The van der Waals surface area contributed by atoms with Gasteiger partial charge in [0.2, 0.25) is 5.95 Å². The molecule has 0 fully saturated rings. The molecule has 0 bridgehead atoms. The van der Waals surface area contributed by atoms with Crippen molar-refractivity contribution in [1.82, 2.24) is 9.55 Å². The van der Waals surface area contributed by atoms with Crippen LogP contribution in [-0.2, 0) is 0 Å². The van der Waals surface area contributed by atoms with E-state index in [0.29, 0.717) is 5.95 Å². The number of nitrogens with zero attached hydrogens (tertiary/aromatic N) is 2. The van der Waals surface area contributed by atoms with Gasteiger partial charge in [-0.15, -0.1) is 0 Å². The van der Waals surface area contributed by atoms with Gasteiger partial charge in [0.1, 0.15) is 11.6 Å². The lowest BCUT2D eigenvalue weighted by atomic mass is 10.3. The normalized spacial score (nSPS) is 11.0. The summed E-state index contributed by atoms with van der Waals surface area (Å²) >= 11 is 3.05. The Balaban J connectivity index is 2.49. The minimum atomic E-state index is -0.638. The van der Waals surface area contributed by atoms with Gasteiger partial charge in [0.15, 0.2) is 0 Å². The highest BCUT2D eigenvalue weighted by molar-refractivity contribution is 9.10. The zero-order valence-corrected chi connectivity index (χ0v) is 11.5. The first-order valence-electron chi connectivity index (χ1n) is 5.44. The van der Waals surface area contributed by atoms with Gasteiger partial charge in [-0.3, -0.25) is 4.57 Å². The minimum absolute atomic E-state index is 0.165. The summed E-state index contributed by atoms with van der Waals surface area (Å²) in [5.41, 5.74) is 0.240. The zero-order valence-electron chi connectivity index (χ0n) is 9.92. The maximum atomic E-state index is 13.8. The minimum Gasteiger partial charge on any atom is -0.353 e. The molecule has 0 unspecified atom stereocenters. The van der Waals surface area contributed by atoms with Crippen LogP contribution in [0.15, 0.2) is 29.0 Å². The van der Waals surface area contributed by atoms with E-state index < -0.39 is 11.6 Å². The van der Waals surface area contributed by atoms with Gasteiger partial charge in [0, 0.05) is 24.5 Å². The maximum absolute atomic E-state index is 13.8. The lowest BCUT2D eigenvalue weighted by molar-refractivity contribution is 0.573. The number of benzene rings is 1. The average Bonchev–Trinajstić information content (AvgIpc) is 2.70. The van der Waals surface area contributed by atoms with Crippen LogP contribution in [0.1, 0.15) is 13.8 Å². The molecule has 0 aliphatic rings. The van der Waals surface area contributed by atoms with E-state index in [2.05, 4.69) is 26.2 Å². The van der Waals surface area contributed by atoms with Crippen LogP contribution in [-0.4, -0.2) is 15.6 Å². The van der Waals surface area contributed by atoms with Crippen LogP contribution in [0.5, 0.6) is 0 Å². The Morgan fingerprint density at radius 2 is 2.00 bits per heavy atom. The van der Waals surface area contributed by atoms with Crippen molar-refractivity contribution < 1.29 is 8.78 Å². The molecule has 3 nitrogen and oxygen atoms in total. The maximum Gasteiger partial charge on any atom is 0.207 e. The fourth-order valence-electron chi connectivity index (χ4n) is 1.56. The standard InChI is InChI=1S/C12H12BrF2N3/c1-7(2)17-12-16-3-4-18(12)11-5-8(13)9(14)6-10(11)15/h3-7H,1-2H3,(H,16,17). The van der Waals surface area contributed by atoms with E-state index in [0.717, 1.165) is 6.07 Å². The van der Waals surface area contributed by atoms with Crippen molar-refractivity contribution in [3.05, 3.63) is 40.6 Å². The van der Waals surface area contributed by atoms with Crippen LogP contribution in [0.25, 0.3) is 5.69 Å². The highest BCUT2D eigenvalue weighted by Gasteiger charge is 2.13. The van der Waals surface area contributed by atoms with Gasteiger partial charge in [-0.25, -0.2) is 13.8 Å². The number of hydrogen-bond acceptors (Lipinski definition) is 2. The van der Waals surface area contributed by atoms with Gasteiger partial charge in [-0.2, -0.15) is 0 Å². The summed E-state index contributed by atoms with van der Waals surface area (Å²) in [5.74, 6) is -0.752. The molecule has 0 radical (unpaired) electrons. The summed E-state index contributed by atoms with van der Waals surface area (Å²) in [6.07, 6.45) is 3.18. The SMILES string of the molecule is CC(C)Nc1nccn1-c1cc(Br)c(F)cc1F. The fraction of sp³-hybridized carbons (Fsp3) is 0.250. The first-order valence-corrected chi connectivity index (χ1v) is 6.23. The molecule has 1 aromatic carbocycles. The fourth-order valence-corrected chi connectivity index (χ4v) is 1.89. The quantitative estimate of drug-likeness (QED) is 0.875. The van der Waals surface area contributed by atoms with E-state index in [1.165, 1.54) is 6.07 Å². The van der Waals surface area contributed by atoms with E-state index >= 15 is 0 Å². The summed E-state index contributed by atoms with van der Waals surface area (Å²) in [5, 5.41) is 3.09. The average molecular weight is 316 g/mol. The van der Waals surface area contributed by atoms with Gasteiger partial charge in [-0.05, 0) is 35.8 Å². The van der Waals surface area contributed by atoms with Gasteiger partial charge in [0.05, 0.1) is 10.2 Å². The molecule has 0 spiro atoms. The molecular weight excluding hydrogens is 304 g/mol. The second-order valence-electron chi connectivity index (χ2n) is 4.14. The Bertz CT molecular complexity index is 566. The van der Waals surface area contributed by atoms with Crippen LogP contribution in [0, 0.1) is 11.6 Å². The molecule has 1 heterocycles. The Hall–Kier alpha value is -1.43. The van der Waals surface area contributed by atoms with Gasteiger partial charge < -0.3 is 5.32 Å². The van der Waals surface area contributed by atoms with Crippen LogP contribution >= 0.6 is 15.9 Å². The first-order chi connectivity index (χ1) is 8.49. The Labute approximate surface area is 112 Å². The number of nitrogens with one attached hydrogen (secondary N) is 1. The number of anilines is 1. The number of rotatable bonds is 3. The number of hydrogen-bond donors (Lipinski definition) is 1. The van der Waals surface area contributed by atoms with Crippen molar-refractivity contribution in [1.29, 1.82) is 0 Å². The summed E-state index contributed by atoms with van der Waals surface area (Å²) < 4.78 is 28.7. The van der Waals surface area contributed by atoms with Crippen LogP contribution in [0.2, 0.25) is 0 Å². The third kappa shape index (κ3) is 2.53. The summed E-state index contributed by atoms with van der Waals surface area (Å²) in [6.45, 7) is 3.91. The topological polar surface area (TPSA) is 29.9 Å². The summed E-state index contributed by atoms with van der Waals surface area (Å²) in [7, 11) is 0. The molecular formula is C12H12BrF2N3. The summed E-state index contributed by atoms with van der Waals surface area (Å²) in [6, 6.07) is 2.40. The molecule has 0 aliphatic heterocycles. The Morgan fingerprint density at radius 3 is 2.67 bits per heavy atom. The van der Waals surface area contributed by atoms with Crippen molar-refractivity contribution in [2.45, 2.75) is 19.9 Å². The predicted octanol–water partition coefficient (Wildman–Crippen LogP) is 3.73. The van der Waals surface area contributed by atoms with Crippen molar-refractivity contribution in [3.63, 3.8) is 0 Å². The smallest absolute Gasteiger partial charge is 0.207 e. The lowest BCUT2D eigenvalue weighted by Crippen LogP contribution is -2.14. The molecule has 0 aliphatic carbocycles. The summed E-state index contributed by atoms with van der Waals surface area (Å²) in [4.78, 5) is 4.10. The second-order valence-corrected chi connectivity index (χ2v) is 4.99. The highest BCUT2D eigenvalue weighted by Crippen LogP contribution is 2.25. The van der Waals surface area contributed by atoms with Gasteiger partial charge >= 0.3 is 0 Å². The molecule has 0 saturated carbocycles. The Kier molecular flexibility index (Phi) is 3.65. The van der Waals surface area contributed by atoms with Crippen LogP contribution < -0.4 is 5.32 Å². The lowest BCUT2D eigenvalue weighted by Gasteiger charge is -2.13. The zero-order chi connectivity index (χ0) is 13.3. The van der Waals surface area contributed by atoms with E-state index in [4.69, 9.17) is 0 Å². The molecule has 1 N–H and O–H groups in total. The monoisotopic (exact) mass is 315 g/mol. The molecule has 18 heavy (non-hydrogen) atoms. The van der Waals surface area contributed by atoms with Crippen molar-refractivity contribution in [2.24, 2.45) is 0 Å². The van der Waals surface area contributed by atoms with E-state index in [1.807, 2.05) is 13.8 Å². The van der Waals surface area contributed by atoms with Gasteiger partial charge in [0.25, 0.3) is 0 Å². The number of imidazole rings is 1.